The molecule has 0 saturated carbocycles. The topological polar surface area (TPSA) is 139 Å². The van der Waals surface area contributed by atoms with Gasteiger partial charge in [0.15, 0.2) is 5.65 Å². The van der Waals surface area contributed by atoms with Gasteiger partial charge < -0.3 is 20.9 Å². The summed E-state index contributed by atoms with van der Waals surface area (Å²) in [5, 5.41) is 7.26. The number of aromatic amines is 1. The zero-order chi connectivity index (χ0) is 21.1. The van der Waals surface area contributed by atoms with Crippen LogP contribution in [0.2, 0.25) is 0 Å². The van der Waals surface area contributed by atoms with Gasteiger partial charge in [-0.2, -0.15) is 5.10 Å². The van der Waals surface area contributed by atoms with Gasteiger partial charge in [-0.15, -0.1) is 0 Å². The van der Waals surface area contributed by atoms with Crippen molar-refractivity contribution in [1.29, 1.82) is 0 Å². The molecule has 0 aliphatic carbocycles. The van der Waals surface area contributed by atoms with Crippen LogP contribution in [0.25, 0.3) is 11.0 Å². The molecular formula is C20H23N7O3. The van der Waals surface area contributed by atoms with Crippen molar-refractivity contribution in [3.63, 3.8) is 0 Å². The number of nitrogens with one attached hydrogen (secondary N) is 2. The Balaban J connectivity index is 1.33. The summed E-state index contributed by atoms with van der Waals surface area (Å²) >= 11 is 0. The van der Waals surface area contributed by atoms with Gasteiger partial charge in [-0.3, -0.25) is 14.4 Å². The highest BCUT2D eigenvalue weighted by Crippen LogP contribution is 2.23. The normalized spacial score (nSPS) is 16.5. The molecule has 1 unspecified atom stereocenters. The Bertz CT molecular complexity index is 1120. The number of amides is 2. The Hall–Kier alpha value is -3.69. The summed E-state index contributed by atoms with van der Waals surface area (Å²) in [5.74, 6) is -0.587. The molecule has 30 heavy (non-hydrogen) atoms. The summed E-state index contributed by atoms with van der Waals surface area (Å²) in [6.07, 6.45) is 4.46. The number of rotatable bonds is 6. The number of H-pyrrole nitrogens is 1. The molecule has 1 aliphatic rings. The molecule has 3 aromatic rings. The number of hydrogen-bond donors (Lipinski definition) is 3. The molecule has 156 valence electrons. The molecule has 3 heterocycles. The Morgan fingerprint density at radius 3 is 2.83 bits per heavy atom. The van der Waals surface area contributed by atoms with Crippen LogP contribution in [0.4, 0.5) is 5.69 Å². The van der Waals surface area contributed by atoms with E-state index in [4.69, 9.17) is 5.73 Å². The van der Waals surface area contributed by atoms with E-state index in [9.17, 15) is 14.4 Å². The van der Waals surface area contributed by atoms with Crippen LogP contribution < -0.4 is 21.5 Å². The number of nitrogens with two attached hydrogens (primary N) is 1. The maximum atomic E-state index is 12.3. The third kappa shape index (κ3) is 4.17. The summed E-state index contributed by atoms with van der Waals surface area (Å²) in [5.41, 5.74) is 7.52. The van der Waals surface area contributed by atoms with Gasteiger partial charge in [-0.25, -0.2) is 9.67 Å². The average Bonchev–Trinajstić information content (AvgIpc) is 3.17. The molecule has 2 aromatic heterocycles. The molecule has 1 saturated heterocycles. The van der Waals surface area contributed by atoms with E-state index in [0.717, 1.165) is 30.6 Å². The van der Waals surface area contributed by atoms with Gasteiger partial charge in [0.1, 0.15) is 11.9 Å². The number of aromatic nitrogens is 4. The number of carbonyl (C=O) groups is 2. The summed E-state index contributed by atoms with van der Waals surface area (Å²) in [7, 11) is 0. The van der Waals surface area contributed by atoms with E-state index in [1.807, 2.05) is 24.3 Å². The van der Waals surface area contributed by atoms with Crippen molar-refractivity contribution in [3.05, 3.63) is 52.7 Å². The van der Waals surface area contributed by atoms with Gasteiger partial charge in [0.2, 0.25) is 11.8 Å². The van der Waals surface area contributed by atoms with Crippen molar-refractivity contribution in [3.8, 4) is 0 Å². The Kier molecular flexibility index (Phi) is 5.46. The van der Waals surface area contributed by atoms with Crippen molar-refractivity contribution in [2.75, 3.05) is 18.0 Å². The van der Waals surface area contributed by atoms with Crippen molar-refractivity contribution >= 4 is 28.5 Å². The first-order valence-electron chi connectivity index (χ1n) is 9.80. The fourth-order valence-electron chi connectivity index (χ4n) is 3.68. The van der Waals surface area contributed by atoms with Crippen LogP contribution in [-0.4, -0.2) is 44.7 Å². The highest BCUT2D eigenvalue weighted by Gasteiger charge is 2.24. The van der Waals surface area contributed by atoms with Crippen LogP contribution in [0.3, 0.4) is 0 Å². The summed E-state index contributed by atoms with van der Waals surface area (Å²) in [6.45, 7) is 1.88. The van der Waals surface area contributed by atoms with Crippen LogP contribution in [0.15, 0.2) is 41.6 Å². The monoisotopic (exact) mass is 409 g/mol. The molecule has 10 nitrogen and oxygen atoms in total. The lowest BCUT2D eigenvalue weighted by Crippen LogP contribution is -2.41. The van der Waals surface area contributed by atoms with Crippen molar-refractivity contribution in [1.82, 2.24) is 25.1 Å². The third-order valence-electron chi connectivity index (χ3n) is 5.35. The lowest BCUT2D eigenvalue weighted by Gasteiger charge is -2.33. The van der Waals surface area contributed by atoms with Gasteiger partial charge in [0.25, 0.3) is 5.56 Å². The van der Waals surface area contributed by atoms with Gasteiger partial charge >= 0.3 is 0 Å². The number of fused-ring (bicyclic) bond motifs is 1. The van der Waals surface area contributed by atoms with E-state index in [0.29, 0.717) is 24.1 Å². The molecule has 0 bridgehead atoms. The highest BCUT2D eigenvalue weighted by molar-refractivity contribution is 5.79. The smallest absolute Gasteiger partial charge is 0.261 e. The zero-order valence-corrected chi connectivity index (χ0v) is 16.4. The second-order valence-corrected chi connectivity index (χ2v) is 7.40. The van der Waals surface area contributed by atoms with E-state index in [-0.39, 0.29) is 29.8 Å². The average molecular weight is 409 g/mol. The van der Waals surface area contributed by atoms with Crippen molar-refractivity contribution in [2.24, 2.45) is 11.7 Å². The minimum atomic E-state index is -0.289. The number of nitrogens with zero attached hydrogens (tertiary/aromatic N) is 4. The second kappa shape index (κ2) is 8.36. The van der Waals surface area contributed by atoms with Gasteiger partial charge in [0.05, 0.1) is 18.4 Å². The minimum absolute atomic E-state index is 0.0275. The maximum Gasteiger partial charge on any atom is 0.261 e. The predicted octanol–water partition coefficient (Wildman–Crippen LogP) is 0.138. The lowest BCUT2D eigenvalue weighted by atomic mass is 9.97. The van der Waals surface area contributed by atoms with Crippen molar-refractivity contribution in [2.45, 2.75) is 25.9 Å². The van der Waals surface area contributed by atoms with E-state index < -0.39 is 0 Å². The molecule has 1 fully saturated rings. The molecule has 0 radical (unpaired) electrons. The lowest BCUT2D eigenvalue weighted by molar-refractivity contribution is -0.122. The van der Waals surface area contributed by atoms with Gasteiger partial charge in [-0.1, -0.05) is 12.1 Å². The molecule has 10 heteroatoms. The second-order valence-electron chi connectivity index (χ2n) is 7.40. The summed E-state index contributed by atoms with van der Waals surface area (Å²) < 4.78 is 1.40. The molecule has 0 spiro atoms. The quantitative estimate of drug-likeness (QED) is 0.529. The number of benzene rings is 1. The Morgan fingerprint density at radius 2 is 2.07 bits per heavy atom. The number of anilines is 1. The molecule has 1 aromatic carbocycles. The molecule has 1 aliphatic heterocycles. The molecular weight excluding hydrogens is 386 g/mol. The van der Waals surface area contributed by atoms with Gasteiger partial charge in [-0.05, 0) is 30.5 Å². The molecule has 4 rings (SSSR count). The standard InChI is InChI=1S/C20H23N7O3/c21-18(29)14-2-1-7-26(10-14)15-5-3-13(4-6-15)8-22-17(28)11-27-19-16(9-25-27)20(30)24-12-23-19/h3-6,9,12,14H,1-2,7-8,10-11H2,(H2,21,29)(H,22,28)(H,23,24,30). The molecule has 2 amide bonds. The molecule has 1 atom stereocenters. The van der Waals surface area contributed by atoms with Crippen molar-refractivity contribution < 1.29 is 9.59 Å². The first-order chi connectivity index (χ1) is 14.5. The number of primary amides is 1. The van der Waals surface area contributed by atoms with Crippen LogP contribution >= 0.6 is 0 Å². The zero-order valence-electron chi connectivity index (χ0n) is 16.4. The first-order valence-corrected chi connectivity index (χ1v) is 9.80. The maximum absolute atomic E-state index is 12.3. The van der Waals surface area contributed by atoms with E-state index in [1.165, 1.54) is 17.2 Å². The highest BCUT2D eigenvalue weighted by atomic mass is 16.2. The van der Waals surface area contributed by atoms with Crippen LogP contribution in [-0.2, 0) is 22.7 Å². The van der Waals surface area contributed by atoms with E-state index in [1.54, 1.807) is 0 Å². The number of carbonyl (C=O) groups excluding carboxylic acids is 2. The SMILES string of the molecule is NC(=O)C1CCCN(c2ccc(CNC(=O)Cn3ncc4c(=O)[nH]cnc43)cc2)C1. The van der Waals surface area contributed by atoms with E-state index >= 15 is 0 Å². The Morgan fingerprint density at radius 1 is 1.27 bits per heavy atom. The van der Waals surface area contributed by atoms with Crippen LogP contribution in [0.5, 0.6) is 0 Å². The third-order valence-corrected chi connectivity index (χ3v) is 5.35. The Labute approximate surface area is 172 Å². The summed E-state index contributed by atoms with van der Waals surface area (Å²) in [4.78, 5) is 44.2. The fourth-order valence-corrected chi connectivity index (χ4v) is 3.68. The van der Waals surface area contributed by atoms with Crippen LogP contribution in [0.1, 0.15) is 18.4 Å². The first kappa shape index (κ1) is 19.6. The minimum Gasteiger partial charge on any atom is -0.371 e. The largest absolute Gasteiger partial charge is 0.371 e. The van der Waals surface area contributed by atoms with E-state index in [2.05, 4.69) is 25.3 Å². The van der Waals surface area contributed by atoms with Gasteiger partial charge in [0, 0.05) is 25.3 Å². The fraction of sp³-hybridized carbons (Fsp3) is 0.350. The predicted molar refractivity (Wildman–Crippen MR) is 111 cm³/mol. The summed E-state index contributed by atoms with van der Waals surface area (Å²) in [6, 6.07) is 7.88. The van der Waals surface area contributed by atoms with Crippen LogP contribution in [0, 0.1) is 5.92 Å². The molecule has 4 N–H and O–H groups in total. The number of piperidine rings is 1. The number of hydrogen-bond acceptors (Lipinski definition) is 6.